The Kier molecular flexibility index (Phi) is 8.58. The first kappa shape index (κ1) is 29.2. The van der Waals surface area contributed by atoms with Crippen LogP contribution in [0.1, 0.15) is 49.8 Å². The van der Waals surface area contributed by atoms with Gasteiger partial charge in [0.2, 0.25) is 5.91 Å². The smallest absolute Gasteiger partial charge is 0.261 e. The molecule has 0 atom stereocenters. The molecular weight excluding hydrogens is 509 g/mol. The maximum atomic E-state index is 12.9. The maximum absolute atomic E-state index is 12.9. The highest BCUT2D eigenvalue weighted by atomic mass is 16.5. The van der Waals surface area contributed by atoms with E-state index in [1.807, 2.05) is 20.8 Å². The van der Waals surface area contributed by atoms with Gasteiger partial charge in [-0.25, -0.2) is 4.98 Å². The number of hydrogen-bond acceptors (Lipinski definition) is 9. The lowest BCUT2D eigenvalue weighted by Crippen LogP contribution is -2.50. The number of pyridine rings is 1. The number of carbonyl (C=O) groups is 2. The van der Waals surface area contributed by atoms with Crippen molar-refractivity contribution in [2.45, 2.75) is 50.9 Å². The summed E-state index contributed by atoms with van der Waals surface area (Å²) in [6.07, 6.45) is 3.41. The first-order valence-corrected chi connectivity index (χ1v) is 12.7. The van der Waals surface area contributed by atoms with E-state index < -0.39 is 11.1 Å². The summed E-state index contributed by atoms with van der Waals surface area (Å²) in [5.74, 6) is 0.500. The topological polar surface area (TPSA) is 140 Å². The van der Waals surface area contributed by atoms with Crippen molar-refractivity contribution in [2.75, 3.05) is 24.4 Å². The lowest BCUT2D eigenvalue weighted by Gasteiger charge is -2.23. The molecule has 2 amide bonds. The van der Waals surface area contributed by atoms with E-state index in [1.54, 1.807) is 18.2 Å². The molecule has 11 nitrogen and oxygen atoms in total. The number of aromatic nitrogens is 3. The quantitative estimate of drug-likeness (QED) is 0.314. The fourth-order valence-corrected chi connectivity index (χ4v) is 3.73. The molecule has 1 aromatic carbocycles. The van der Waals surface area contributed by atoms with Gasteiger partial charge in [-0.05, 0) is 45.7 Å². The maximum Gasteiger partial charge on any atom is 0.261 e. The summed E-state index contributed by atoms with van der Waals surface area (Å²) < 4.78 is 16.9. The van der Waals surface area contributed by atoms with Crippen LogP contribution in [0, 0.1) is 5.92 Å². The zero-order valence-electron chi connectivity index (χ0n) is 22.9. The average molecular weight is 538 g/mol. The van der Waals surface area contributed by atoms with Crippen molar-refractivity contribution in [1.29, 1.82) is 0 Å². The van der Waals surface area contributed by atoms with E-state index in [4.69, 9.17) is 37.5 Å². The van der Waals surface area contributed by atoms with Crippen molar-refractivity contribution >= 4 is 52.5 Å². The summed E-state index contributed by atoms with van der Waals surface area (Å²) in [5, 5.41) is 10.3. The minimum Gasteiger partial charge on any atom is -0.494 e. The summed E-state index contributed by atoms with van der Waals surface area (Å²) in [6.45, 7) is 6.35. The van der Waals surface area contributed by atoms with Gasteiger partial charge >= 0.3 is 0 Å². The molecule has 0 bridgehead atoms. The Morgan fingerprint density at radius 3 is 2.55 bits per heavy atom. The minimum absolute atomic E-state index is 0.0374. The van der Waals surface area contributed by atoms with Crippen LogP contribution in [0.5, 0.6) is 5.75 Å². The fraction of sp³-hybridized carbons (Fsp3) is 0.423. The second-order valence-electron chi connectivity index (χ2n) is 10.5. The zero-order valence-corrected chi connectivity index (χ0v) is 22.9. The molecule has 1 fully saturated rings. The number of amides is 2. The number of para-hydroxylation sites is 1. The highest BCUT2D eigenvalue weighted by molar-refractivity contribution is 6.60. The van der Waals surface area contributed by atoms with E-state index in [9.17, 15) is 9.59 Å². The molecule has 3 N–H and O–H groups in total. The van der Waals surface area contributed by atoms with E-state index >= 15 is 0 Å². The van der Waals surface area contributed by atoms with Gasteiger partial charge < -0.3 is 29.9 Å². The van der Waals surface area contributed by atoms with Gasteiger partial charge in [0, 0.05) is 24.6 Å². The molecule has 0 saturated heterocycles. The van der Waals surface area contributed by atoms with Crippen molar-refractivity contribution in [1.82, 2.24) is 20.4 Å². The van der Waals surface area contributed by atoms with E-state index in [0.717, 1.165) is 12.8 Å². The van der Waals surface area contributed by atoms with Crippen LogP contribution in [0.2, 0.25) is 0 Å². The number of benzene rings is 1. The van der Waals surface area contributed by atoms with Crippen molar-refractivity contribution < 1.29 is 23.6 Å². The van der Waals surface area contributed by atoms with E-state index in [-0.39, 0.29) is 40.4 Å². The van der Waals surface area contributed by atoms with Crippen LogP contribution < -0.4 is 20.7 Å². The van der Waals surface area contributed by atoms with Gasteiger partial charge in [0.05, 0.1) is 65.4 Å². The van der Waals surface area contributed by atoms with Gasteiger partial charge in [-0.3, -0.25) is 9.59 Å². The summed E-state index contributed by atoms with van der Waals surface area (Å²) >= 11 is 0. The summed E-state index contributed by atoms with van der Waals surface area (Å²) in [5.41, 5.74) is 1.06. The summed E-state index contributed by atoms with van der Waals surface area (Å²) in [6, 6.07) is 6.78. The Bertz CT molecular complexity index is 1380. The van der Waals surface area contributed by atoms with Gasteiger partial charge in [0.25, 0.3) is 11.8 Å². The molecule has 40 heavy (non-hydrogen) atoms. The Morgan fingerprint density at radius 1 is 1.15 bits per heavy atom. The summed E-state index contributed by atoms with van der Waals surface area (Å²) in [4.78, 5) is 33.9. The van der Waals surface area contributed by atoms with Crippen molar-refractivity contribution in [3.63, 3.8) is 0 Å². The number of nitrogens with zero attached hydrogens (tertiary/aromatic N) is 3. The van der Waals surface area contributed by atoms with Crippen molar-refractivity contribution in [3.8, 4) is 17.2 Å². The predicted octanol–water partition coefficient (Wildman–Crippen LogP) is 2.44. The molecule has 1 saturated carbocycles. The number of hydrogen-bond donors (Lipinski definition) is 3. The molecule has 14 heteroatoms. The van der Waals surface area contributed by atoms with Crippen LogP contribution in [0.4, 0.5) is 17.2 Å². The average Bonchev–Trinajstić information content (AvgIpc) is 3.61. The molecule has 3 aromatic rings. The second-order valence-corrected chi connectivity index (χ2v) is 10.5. The van der Waals surface area contributed by atoms with Gasteiger partial charge in [-0.1, -0.05) is 16.5 Å². The van der Waals surface area contributed by atoms with Crippen LogP contribution in [0.3, 0.4) is 0 Å². The van der Waals surface area contributed by atoms with E-state index in [0.29, 0.717) is 35.9 Å². The third-order valence-electron chi connectivity index (χ3n) is 5.73. The molecule has 2 aromatic heterocycles. The van der Waals surface area contributed by atoms with Gasteiger partial charge in [0.15, 0.2) is 11.6 Å². The van der Waals surface area contributed by atoms with Crippen molar-refractivity contribution in [2.24, 2.45) is 5.92 Å². The first-order valence-electron chi connectivity index (χ1n) is 12.7. The van der Waals surface area contributed by atoms with Crippen LogP contribution >= 0.6 is 0 Å². The van der Waals surface area contributed by atoms with Gasteiger partial charge in [-0.15, -0.1) is 0 Å². The zero-order chi connectivity index (χ0) is 29.1. The Morgan fingerprint density at radius 2 is 1.90 bits per heavy atom. The first-order chi connectivity index (χ1) is 18.8. The number of carbonyl (C=O) groups excluding carboxylic acids is 2. The molecule has 0 unspecified atom stereocenters. The Labute approximate surface area is 236 Å². The summed E-state index contributed by atoms with van der Waals surface area (Å²) in [7, 11) is 18.2. The van der Waals surface area contributed by atoms with E-state index in [2.05, 4.69) is 31.1 Å². The number of nitrogens with one attached hydrogen (secondary N) is 3. The predicted molar refractivity (Wildman–Crippen MR) is 152 cm³/mol. The standard InChI is InChI=1S/C26H29B3N6O5/c1-25(2,3)39-11-10-19-33-24(40-35-19)15-6-5-7-17(21(15)38-4)31-18-12-20(32-22(36)14-8-9-14)30-13-16(18)23(37)34-26(27,28)29/h5-7,12-14H,8-11H2,1-4H3,(H,34,37)(H2,30,31,32,36). The molecule has 2 heterocycles. The molecule has 202 valence electrons. The van der Waals surface area contributed by atoms with Crippen LogP contribution in [-0.4, -0.2) is 75.0 Å². The molecule has 4 rings (SSSR count). The highest BCUT2D eigenvalue weighted by Crippen LogP contribution is 2.38. The van der Waals surface area contributed by atoms with Crippen molar-refractivity contribution in [3.05, 3.63) is 41.9 Å². The van der Waals surface area contributed by atoms with Gasteiger partial charge in [-0.2, -0.15) is 4.98 Å². The molecule has 0 aliphatic heterocycles. The largest absolute Gasteiger partial charge is 0.494 e. The molecule has 1 aliphatic rings. The fourth-order valence-electron chi connectivity index (χ4n) is 3.73. The number of rotatable bonds is 11. The Balaban J connectivity index is 1.63. The lowest BCUT2D eigenvalue weighted by atomic mass is 9.49. The van der Waals surface area contributed by atoms with Crippen LogP contribution in [0.25, 0.3) is 11.5 Å². The number of anilines is 3. The molecule has 1 aliphatic carbocycles. The highest BCUT2D eigenvalue weighted by Gasteiger charge is 2.30. The molecule has 0 spiro atoms. The van der Waals surface area contributed by atoms with Crippen LogP contribution in [-0.2, 0) is 16.0 Å². The second kappa shape index (κ2) is 11.8. The van der Waals surface area contributed by atoms with Crippen LogP contribution in [0.15, 0.2) is 35.0 Å². The van der Waals surface area contributed by atoms with Gasteiger partial charge in [0.1, 0.15) is 5.82 Å². The normalized spacial score (nSPS) is 13.5. The van der Waals surface area contributed by atoms with E-state index in [1.165, 1.54) is 19.4 Å². The Hall–Kier alpha value is -3.80. The molecule has 6 radical (unpaired) electrons. The monoisotopic (exact) mass is 538 g/mol. The third-order valence-corrected chi connectivity index (χ3v) is 5.73. The minimum atomic E-state index is -1.96. The number of methoxy groups -OCH3 is 1. The number of ether oxygens (including phenoxy) is 2. The SMILES string of the molecule is [B]C([B])([B])NC(=O)c1cnc(NC(=O)C2CC2)cc1Nc1cccc(-c2nc(CCOC(C)(C)C)no2)c1OC. The third kappa shape index (κ3) is 7.87. The molecular formula is C26H29B3N6O5. The lowest BCUT2D eigenvalue weighted by molar-refractivity contribution is -0.117.